The van der Waals surface area contributed by atoms with Gasteiger partial charge in [0.15, 0.2) is 5.69 Å². The Balaban J connectivity index is 2.46. The third-order valence-electron chi connectivity index (χ3n) is 2.98. The summed E-state index contributed by atoms with van der Waals surface area (Å²) < 4.78 is 1.44. The highest BCUT2D eigenvalue weighted by Gasteiger charge is 2.28. The van der Waals surface area contributed by atoms with Crippen molar-refractivity contribution in [2.45, 2.75) is 31.6 Å². The molecular weight excluding hydrogens is 216 g/mol. The predicted octanol–water partition coefficient (Wildman–Crippen LogP) is 2.43. The molecule has 0 bridgehead atoms. The largest absolute Gasteiger partial charge is 0.476 e. The van der Waals surface area contributed by atoms with Gasteiger partial charge >= 0.3 is 5.97 Å². The first kappa shape index (κ1) is 10.5. The molecule has 5 heteroatoms. The third kappa shape index (κ3) is 1.74. The van der Waals surface area contributed by atoms with Gasteiger partial charge in [0.2, 0.25) is 0 Å². The molecule has 1 aromatic rings. The number of halogens is 1. The van der Waals surface area contributed by atoms with Crippen molar-refractivity contribution in [1.29, 1.82) is 0 Å². The van der Waals surface area contributed by atoms with Crippen LogP contribution in [0.25, 0.3) is 0 Å². The number of rotatable bonds is 2. The van der Waals surface area contributed by atoms with E-state index < -0.39 is 5.97 Å². The quantitative estimate of drug-likeness (QED) is 0.846. The molecule has 1 aliphatic rings. The Hall–Kier alpha value is -1.03. The number of aromatic carboxylic acids is 1. The summed E-state index contributed by atoms with van der Waals surface area (Å²) in [7, 11) is 1.67. The van der Waals surface area contributed by atoms with Gasteiger partial charge in [-0.25, -0.2) is 4.79 Å². The van der Waals surface area contributed by atoms with Gasteiger partial charge in [-0.15, -0.1) is 0 Å². The van der Waals surface area contributed by atoms with Crippen molar-refractivity contribution in [3.8, 4) is 0 Å². The summed E-state index contributed by atoms with van der Waals surface area (Å²) >= 11 is 6.08. The summed E-state index contributed by atoms with van der Waals surface area (Å²) in [5, 5.41) is 13.4. The van der Waals surface area contributed by atoms with Crippen LogP contribution in [-0.4, -0.2) is 20.9 Å². The van der Waals surface area contributed by atoms with Gasteiger partial charge in [0.05, 0.1) is 0 Å². The lowest BCUT2D eigenvalue weighted by molar-refractivity contribution is 0.0688. The molecule has 0 saturated heterocycles. The van der Waals surface area contributed by atoms with Gasteiger partial charge in [-0.3, -0.25) is 4.68 Å². The Labute approximate surface area is 92.8 Å². The topological polar surface area (TPSA) is 55.1 Å². The molecule has 1 heterocycles. The zero-order valence-electron chi connectivity index (χ0n) is 8.53. The number of aryl methyl sites for hydroxylation is 1. The number of carbonyl (C=O) groups is 1. The molecule has 1 aliphatic carbocycles. The van der Waals surface area contributed by atoms with Gasteiger partial charge in [-0.05, 0) is 18.8 Å². The van der Waals surface area contributed by atoms with E-state index in [1.54, 1.807) is 7.05 Å². The zero-order chi connectivity index (χ0) is 11.0. The van der Waals surface area contributed by atoms with Crippen molar-refractivity contribution in [1.82, 2.24) is 9.78 Å². The van der Waals surface area contributed by atoms with E-state index in [4.69, 9.17) is 16.7 Å². The number of aromatic nitrogens is 2. The number of carboxylic acid groups (broad SMARTS) is 1. The maximum atomic E-state index is 11.0. The van der Waals surface area contributed by atoms with Crippen LogP contribution in [0.4, 0.5) is 0 Å². The van der Waals surface area contributed by atoms with Crippen molar-refractivity contribution in [2.24, 2.45) is 7.05 Å². The minimum Gasteiger partial charge on any atom is -0.476 e. The van der Waals surface area contributed by atoms with Gasteiger partial charge in [-0.1, -0.05) is 24.4 Å². The van der Waals surface area contributed by atoms with Crippen LogP contribution < -0.4 is 0 Å². The monoisotopic (exact) mass is 228 g/mol. The molecule has 0 aromatic carbocycles. The molecule has 1 aromatic heterocycles. The minimum absolute atomic E-state index is 0.120. The predicted molar refractivity (Wildman–Crippen MR) is 56.4 cm³/mol. The number of hydrogen-bond donors (Lipinski definition) is 1. The molecule has 4 nitrogen and oxygen atoms in total. The fourth-order valence-corrected chi connectivity index (χ4v) is 2.54. The van der Waals surface area contributed by atoms with Crippen LogP contribution in [0, 0.1) is 0 Å². The normalized spacial score (nSPS) is 17.2. The van der Waals surface area contributed by atoms with E-state index in [2.05, 4.69) is 5.10 Å². The van der Waals surface area contributed by atoms with Crippen LogP contribution in [0.5, 0.6) is 0 Å². The Morgan fingerprint density at radius 3 is 2.67 bits per heavy atom. The fourth-order valence-electron chi connectivity index (χ4n) is 2.25. The molecule has 0 amide bonds. The highest BCUT2D eigenvalue weighted by molar-refractivity contribution is 6.30. The Kier molecular flexibility index (Phi) is 2.69. The molecule has 15 heavy (non-hydrogen) atoms. The highest BCUT2D eigenvalue weighted by atomic mass is 35.5. The molecule has 0 unspecified atom stereocenters. The second-order valence-corrected chi connectivity index (χ2v) is 4.32. The fraction of sp³-hybridized carbons (Fsp3) is 0.600. The van der Waals surface area contributed by atoms with E-state index in [9.17, 15) is 4.79 Å². The van der Waals surface area contributed by atoms with E-state index in [-0.39, 0.29) is 11.6 Å². The van der Waals surface area contributed by atoms with E-state index in [0.29, 0.717) is 5.15 Å². The average molecular weight is 229 g/mol. The molecule has 2 rings (SSSR count). The van der Waals surface area contributed by atoms with Crippen LogP contribution in [0.2, 0.25) is 5.15 Å². The molecule has 0 radical (unpaired) electrons. The Bertz CT molecular complexity index is 394. The van der Waals surface area contributed by atoms with E-state index >= 15 is 0 Å². The number of hydrogen-bond acceptors (Lipinski definition) is 2. The van der Waals surface area contributed by atoms with Gasteiger partial charge < -0.3 is 5.11 Å². The number of carboxylic acids is 1. The second-order valence-electron chi connectivity index (χ2n) is 3.96. The lowest BCUT2D eigenvalue weighted by atomic mass is 9.98. The van der Waals surface area contributed by atoms with Gasteiger partial charge in [0, 0.05) is 12.6 Å². The Morgan fingerprint density at radius 2 is 2.13 bits per heavy atom. The lowest BCUT2D eigenvalue weighted by Crippen LogP contribution is -2.04. The van der Waals surface area contributed by atoms with Crippen LogP contribution in [0.3, 0.4) is 0 Å². The third-order valence-corrected chi connectivity index (χ3v) is 3.43. The van der Waals surface area contributed by atoms with Crippen molar-refractivity contribution in [3.05, 3.63) is 16.4 Å². The van der Waals surface area contributed by atoms with Gasteiger partial charge in [0.25, 0.3) is 0 Å². The second kappa shape index (κ2) is 3.85. The van der Waals surface area contributed by atoms with Crippen LogP contribution >= 0.6 is 11.6 Å². The molecule has 1 saturated carbocycles. The summed E-state index contributed by atoms with van der Waals surface area (Å²) in [6.45, 7) is 0. The molecule has 82 valence electrons. The molecule has 0 aliphatic heterocycles. The highest BCUT2D eigenvalue weighted by Crippen LogP contribution is 2.39. The molecule has 1 fully saturated rings. The minimum atomic E-state index is -0.987. The summed E-state index contributed by atoms with van der Waals surface area (Å²) in [5.74, 6) is -0.711. The Morgan fingerprint density at radius 1 is 1.53 bits per heavy atom. The van der Waals surface area contributed by atoms with Gasteiger partial charge in [0.1, 0.15) is 5.15 Å². The number of nitrogens with zero attached hydrogens (tertiary/aromatic N) is 2. The van der Waals surface area contributed by atoms with Crippen molar-refractivity contribution >= 4 is 17.6 Å². The standard InChI is InChI=1S/C10H13ClN2O2/c1-13-9(11)7(6-4-2-3-5-6)8(12-13)10(14)15/h6H,2-5H2,1H3,(H,14,15). The molecule has 0 spiro atoms. The smallest absolute Gasteiger partial charge is 0.356 e. The molecule has 0 atom stereocenters. The maximum Gasteiger partial charge on any atom is 0.356 e. The maximum absolute atomic E-state index is 11.0. The van der Waals surface area contributed by atoms with Crippen molar-refractivity contribution in [3.63, 3.8) is 0 Å². The summed E-state index contributed by atoms with van der Waals surface area (Å²) in [4.78, 5) is 11.0. The summed E-state index contributed by atoms with van der Waals surface area (Å²) in [6, 6.07) is 0. The molecule has 1 N–H and O–H groups in total. The van der Waals surface area contributed by atoms with E-state index in [1.165, 1.54) is 4.68 Å². The van der Waals surface area contributed by atoms with E-state index in [0.717, 1.165) is 31.2 Å². The first-order chi connectivity index (χ1) is 7.11. The van der Waals surface area contributed by atoms with Gasteiger partial charge in [-0.2, -0.15) is 5.10 Å². The summed E-state index contributed by atoms with van der Waals surface area (Å²) in [6.07, 6.45) is 4.33. The van der Waals surface area contributed by atoms with Crippen LogP contribution in [0.1, 0.15) is 47.7 Å². The van der Waals surface area contributed by atoms with Crippen molar-refractivity contribution in [2.75, 3.05) is 0 Å². The lowest BCUT2D eigenvalue weighted by Gasteiger charge is -2.07. The van der Waals surface area contributed by atoms with E-state index in [1.807, 2.05) is 0 Å². The zero-order valence-corrected chi connectivity index (χ0v) is 9.29. The first-order valence-electron chi connectivity index (χ1n) is 5.07. The van der Waals surface area contributed by atoms with Crippen molar-refractivity contribution < 1.29 is 9.90 Å². The first-order valence-corrected chi connectivity index (χ1v) is 5.44. The SMILES string of the molecule is Cn1nc(C(=O)O)c(C2CCCC2)c1Cl. The summed E-state index contributed by atoms with van der Waals surface area (Å²) in [5.41, 5.74) is 0.846. The average Bonchev–Trinajstić information content (AvgIpc) is 2.76. The van der Waals surface area contributed by atoms with Crippen LogP contribution in [-0.2, 0) is 7.05 Å². The van der Waals surface area contributed by atoms with Crippen LogP contribution in [0.15, 0.2) is 0 Å². The molecular formula is C10H13ClN2O2.